The van der Waals surface area contributed by atoms with Gasteiger partial charge in [0, 0.05) is 23.0 Å². The summed E-state index contributed by atoms with van der Waals surface area (Å²) in [4.78, 5) is 0.0266. The van der Waals surface area contributed by atoms with Crippen LogP contribution in [0.3, 0.4) is 0 Å². The molecule has 0 aliphatic heterocycles. The van der Waals surface area contributed by atoms with Gasteiger partial charge in [-0.2, -0.15) is 0 Å². The highest BCUT2D eigenvalue weighted by Crippen LogP contribution is 2.26. The molecule has 0 atom stereocenters. The number of sulfonamides is 1. The number of hydrogen-bond donors (Lipinski definition) is 2. The van der Waals surface area contributed by atoms with Gasteiger partial charge >= 0.3 is 0 Å². The number of sulfone groups is 1. The van der Waals surface area contributed by atoms with Crippen molar-refractivity contribution in [2.75, 3.05) is 18.5 Å². The lowest BCUT2D eigenvalue weighted by Gasteiger charge is -2.23. The molecule has 0 aliphatic rings. The van der Waals surface area contributed by atoms with E-state index in [9.17, 15) is 16.8 Å². The fraction of sp³-hybridized carbons (Fsp3) is 0.500. The fourth-order valence-corrected chi connectivity index (χ4v) is 3.99. The Labute approximate surface area is 134 Å². The molecule has 9 heteroatoms. The standard InChI is InChI=1S/C12H19BrN2O4S2/c1-8-10(14)5-9(13)6-11(8)21(18,19)15-7-12(2,3)20(4,16)17/h5-6,15H,7,14H2,1-4H3. The molecule has 0 amide bonds. The lowest BCUT2D eigenvalue weighted by Crippen LogP contribution is -2.43. The smallest absolute Gasteiger partial charge is 0.240 e. The maximum Gasteiger partial charge on any atom is 0.240 e. The number of rotatable bonds is 5. The second-order valence-electron chi connectivity index (χ2n) is 5.47. The Kier molecular flexibility index (Phi) is 5.14. The molecule has 0 radical (unpaired) electrons. The lowest BCUT2D eigenvalue weighted by molar-refractivity contribution is 0.537. The molecule has 0 aromatic heterocycles. The Bertz CT molecular complexity index is 756. The third-order valence-corrected chi connectivity index (χ3v) is 7.48. The van der Waals surface area contributed by atoms with E-state index in [2.05, 4.69) is 20.7 Å². The minimum Gasteiger partial charge on any atom is -0.398 e. The van der Waals surface area contributed by atoms with E-state index >= 15 is 0 Å². The van der Waals surface area contributed by atoms with E-state index in [4.69, 9.17) is 5.73 Å². The zero-order chi connectivity index (χ0) is 16.6. The fourth-order valence-electron chi connectivity index (χ4n) is 1.43. The molecule has 0 unspecified atom stereocenters. The highest BCUT2D eigenvalue weighted by atomic mass is 79.9. The van der Waals surface area contributed by atoms with Gasteiger partial charge in [0.25, 0.3) is 0 Å². The number of halogens is 1. The minimum absolute atomic E-state index is 0.0266. The van der Waals surface area contributed by atoms with Crippen molar-refractivity contribution in [1.82, 2.24) is 4.72 Å². The monoisotopic (exact) mass is 398 g/mol. The van der Waals surface area contributed by atoms with E-state index in [0.29, 0.717) is 15.7 Å². The van der Waals surface area contributed by atoms with Crippen molar-refractivity contribution in [3.63, 3.8) is 0 Å². The Hall–Kier alpha value is -0.640. The van der Waals surface area contributed by atoms with Gasteiger partial charge in [-0.1, -0.05) is 15.9 Å². The molecule has 0 aliphatic carbocycles. The van der Waals surface area contributed by atoms with E-state index in [1.165, 1.54) is 19.9 Å². The van der Waals surface area contributed by atoms with E-state index in [0.717, 1.165) is 6.26 Å². The maximum atomic E-state index is 12.3. The SMILES string of the molecule is Cc1c(N)cc(Br)cc1S(=O)(=O)NCC(C)(C)S(C)(=O)=O. The first kappa shape index (κ1) is 18.4. The predicted molar refractivity (Wildman–Crippen MR) is 87.4 cm³/mol. The second kappa shape index (κ2) is 5.86. The van der Waals surface area contributed by atoms with Crippen LogP contribution >= 0.6 is 15.9 Å². The Morgan fingerprint density at radius 1 is 1.24 bits per heavy atom. The normalized spacial score (nSPS) is 13.4. The Morgan fingerprint density at radius 3 is 2.24 bits per heavy atom. The zero-order valence-corrected chi connectivity index (χ0v) is 15.5. The van der Waals surface area contributed by atoms with Gasteiger partial charge in [-0.05, 0) is 38.5 Å². The summed E-state index contributed by atoms with van der Waals surface area (Å²) >= 11 is 3.19. The predicted octanol–water partition coefficient (Wildman–Crippen LogP) is 1.44. The average molecular weight is 399 g/mol. The Morgan fingerprint density at radius 2 is 1.76 bits per heavy atom. The summed E-state index contributed by atoms with van der Waals surface area (Å²) in [5, 5.41) is 0. The molecule has 0 saturated heterocycles. The summed E-state index contributed by atoms with van der Waals surface area (Å²) in [6.07, 6.45) is 1.07. The van der Waals surface area contributed by atoms with Gasteiger partial charge in [-0.15, -0.1) is 0 Å². The van der Waals surface area contributed by atoms with Crippen LogP contribution in [0.1, 0.15) is 19.4 Å². The molecule has 0 saturated carbocycles. The molecular weight excluding hydrogens is 380 g/mol. The number of nitrogens with two attached hydrogens (primary N) is 1. The van der Waals surface area contributed by atoms with Crippen LogP contribution in [0.25, 0.3) is 0 Å². The van der Waals surface area contributed by atoms with Crippen molar-refractivity contribution in [2.45, 2.75) is 30.4 Å². The van der Waals surface area contributed by atoms with E-state index in [-0.39, 0.29) is 11.4 Å². The van der Waals surface area contributed by atoms with Crippen molar-refractivity contribution in [3.8, 4) is 0 Å². The van der Waals surface area contributed by atoms with Gasteiger partial charge < -0.3 is 5.73 Å². The molecule has 0 spiro atoms. The number of anilines is 1. The molecule has 0 fully saturated rings. The maximum absolute atomic E-state index is 12.3. The zero-order valence-electron chi connectivity index (χ0n) is 12.3. The molecule has 0 bridgehead atoms. The van der Waals surface area contributed by atoms with Crippen LogP contribution in [0.15, 0.2) is 21.5 Å². The van der Waals surface area contributed by atoms with Gasteiger partial charge in [0.15, 0.2) is 9.84 Å². The summed E-state index contributed by atoms with van der Waals surface area (Å²) in [6.45, 7) is 4.30. The molecular formula is C12H19BrN2O4S2. The molecule has 6 nitrogen and oxygen atoms in total. The summed E-state index contributed by atoms with van der Waals surface area (Å²) in [6, 6.07) is 3.04. The van der Waals surface area contributed by atoms with Crippen LogP contribution in [0, 0.1) is 6.92 Å². The minimum atomic E-state index is -3.85. The van der Waals surface area contributed by atoms with Gasteiger partial charge in [0.1, 0.15) is 0 Å². The Balaban J connectivity index is 3.15. The quantitative estimate of drug-likeness (QED) is 0.729. The van der Waals surface area contributed by atoms with Crippen LogP contribution in [-0.4, -0.2) is 34.4 Å². The van der Waals surface area contributed by atoms with Crippen molar-refractivity contribution >= 4 is 41.5 Å². The summed E-state index contributed by atoms with van der Waals surface area (Å²) in [5.41, 5.74) is 6.51. The highest BCUT2D eigenvalue weighted by molar-refractivity contribution is 9.10. The molecule has 1 aromatic rings. The van der Waals surface area contributed by atoms with Crippen molar-refractivity contribution in [2.24, 2.45) is 0 Å². The van der Waals surface area contributed by atoms with Gasteiger partial charge in [-0.3, -0.25) is 0 Å². The lowest BCUT2D eigenvalue weighted by atomic mass is 10.2. The summed E-state index contributed by atoms with van der Waals surface area (Å²) in [5.74, 6) is 0. The van der Waals surface area contributed by atoms with Gasteiger partial charge in [0.2, 0.25) is 10.0 Å². The third-order valence-electron chi connectivity index (χ3n) is 3.35. The van der Waals surface area contributed by atoms with Crippen LogP contribution in [0.4, 0.5) is 5.69 Å². The van der Waals surface area contributed by atoms with Crippen LogP contribution in [0.2, 0.25) is 0 Å². The highest BCUT2D eigenvalue weighted by Gasteiger charge is 2.32. The van der Waals surface area contributed by atoms with E-state index in [1.807, 2.05) is 0 Å². The molecule has 3 N–H and O–H groups in total. The van der Waals surface area contributed by atoms with Crippen molar-refractivity contribution in [3.05, 3.63) is 22.2 Å². The first-order valence-corrected chi connectivity index (χ1v) is 10.2. The average Bonchev–Trinajstić information content (AvgIpc) is 2.30. The van der Waals surface area contributed by atoms with Crippen LogP contribution in [0.5, 0.6) is 0 Å². The second-order valence-corrected chi connectivity index (χ2v) is 10.8. The third kappa shape index (κ3) is 4.18. The van der Waals surface area contributed by atoms with E-state index < -0.39 is 24.6 Å². The van der Waals surface area contributed by atoms with Crippen LogP contribution < -0.4 is 10.5 Å². The van der Waals surface area contributed by atoms with Crippen LogP contribution in [-0.2, 0) is 19.9 Å². The molecule has 21 heavy (non-hydrogen) atoms. The number of hydrogen-bond acceptors (Lipinski definition) is 5. The molecule has 1 rings (SSSR count). The van der Waals surface area contributed by atoms with Gasteiger partial charge in [0.05, 0.1) is 9.64 Å². The number of benzene rings is 1. The molecule has 1 aromatic carbocycles. The first-order valence-electron chi connectivity index (χ1n) is 6.03. The molecule has 0 heterocycles. The largest absolute Gasteiger partial charge is 0.398 e. The number of nitrogens with one attached hydrogen (secondary N) is 1. The van der Waals surface area contributed by atoms with Crippen molar-refractivity contribution < 1.29 is 16.8 Å². The van der Waals surface area contributed by atoms with Gasteiger partial charge in [-0.25, -0.2) is 21.6 Å². The van der Waals surface area contributed by atoms with E-state index in [1.54, 1.807) is 13.0 Å². The first-order chi connectivity index (χ1) is 9.28. The number of nitrogen functional groups attached to an aromatic ring is 1. The molecule has 120 valence electrons. The summed E-state index contributed by atoms with van der Waals surface area (Å²) in [7, 11) is -7.25. The van der Waals surface area contributed by atoms with Crippen molar-refractivity contribution in [1.29, 1.82) is 0 Å². The topological polar surface area (TPSA) is 106 Å². The summed E-state index contributed by atoms with van der Waals surface area (Å²) < 4.78 is 49.6.